The second kappa shape index (κ2) is 9.41. The summed E-state index contributed by atoms with van der Waals surface area (Å²) in [6.07, 6.45) is 0. The van der Waals surface area contributed by atoms with Crippen molar-refractivity contribution in [1.82, 2.24) is 9.71 Å². The molecule has 0 radical (unpaired) electrons. The second-order valence-corrected chi connectivity index (χ2v) is 8.97. The van der Waals surface area contributed by atoms with Gasteiger partial charge in [0.2, 0.25) is 15.9 Å². The molecular formula is C20H20FN3O5S2. The van der Waals surface area contributed by atoms with Crippen molar-refractivity contribution < 1.29 is 27.1 Å². The Kier molecular flexibility index (Phi) is 6.88. The van der Waals surface area contributed by atoms with Gasteiger partial charge in [-0.3, -0.25) is 4.79 Å². The minimum absolute atomic E-state index is 0.00557. The third kappa shape index (κ3) is 5.37. The summed E-state index contributed by atoms with van der Waals surface area (Å²) >= 11 is 1.14. The molecular weight excluding hydrogens is 445 g/mol. The summed E-state index contributed by atoms with van der Waals surface area (Å²) < 4.78 is 51.1. The summed E-state index contributed by atoms with van der Waals surface area (Å²) in [6.45, 7) is 1.42. The van der Waals surface area contributed by atoms with Gasteiger partial charge in [0.15, 0.2) is 16.7 Å². The fourth-order valence-corrected chi connectivity index (χ4v) is 4.54. The monoisotopic (exact) mass is 465 g/mol. The SMILES string of the molecule is COc1ccc(S(=O)(=O)N[C@@H](C)C(=O)Nc2nc(-c3ccc(OC)c(F)c3)cs2)cc1. The number of sulfonamides is 1. The molecule has 8 nitrogen and oxygen atoms in total. The Balaban J connectivity index is 1.66. The first-order chi connectivity index (χ1) is 14.7. The van der Waals surface area contributed by atoms with Crippen LogP contribution in [-0.4, -0.2) is 39.6 Å². The van der Waals surface area contributed by atoms with Gasteiger partial charge in [0.25, 0.3) is 0 Å². The van der Waals surface area contributed by atoms with E-state index >= 15 is 0 Å². The molecule has 1 amide bonds. The van der Waals surface area contributed by atoms with Gasteiger partial charge in [-0.05, 0) is 49.4 Å². The smallest absolute Gasteiger partial charge is 0.244 e. The van der Waals surface area contributed by atoms with E-state index in [9.17, 15) is 17.6 Å². The summed E-state index contributed by atoms with van der Waals surface area (Å²) in [4.78, 5) is 16.7. The highest BCUT2D eigenvalue weighted by Gasteiger charge is 2.23. The number of halogens is 1. The van der Waals surface area contributed by atoms with E-state index in [4.69, 9.17) is 9.47 Å². The van der Waals surface area contributed by atoms with E-state index < -0.39 is 27.8 Å². The topological polar surface area (TPSA) is 107 Å². The normalized spacial score (nSPS) is 12.3. The van der Waals surface area contributed by atoms with Gasteiger partial charge in [-0.1, -0.05) is 0 Å². The van der Waals surface area contributed by atoms with Gasteiger partial charge in [0.05, 0.1) is 30.9 Å². The number of nitrogens with zero attached hydrogens (tertiary/aromatic N) is 1. The lowest BCUT2D eigenvalue weighted by molar-refractivity contribution is -0.117. The molecule has 2 N–H and O–H groups in total. The molecule has 0 saturated carbocycles. The molecule has 0 aliphatic heterocycles. The van der Waals surface area contributed by atoms with E-state index in [1.165, 1.54) is 57.5 Å². The molecule has 1 heterocycles. The number of thiazole rings is 1. The standard InChI is InChI=1S/C20H20FN3O5S2/c1-12(24-31(26,27)15-7-5-14(28-2)6-8-15)19(25)23-20-22-17(11-30-20)13-4-9-18(29-3)16(21)10-13/h4-12,24H,1-3H3,(H,22,23,25)/t12-/m0/s1. The molecule has 31 heavy (non-hydrogen) atoms. The highest BCUT2D eigenvalue weighted by Crippen LogP contribution is 2.28. The fourth-order valence-electron chi connectivity index (χ4n) is 2.61. The van der Waals surface area contributed by atoms with Crippen LogP contribution < -0.4 is 19.5 Å². The van der Waals surface area contributed by atoms with Crippen LogP contribution >= 0.6 is 11.3 Å². The molecule has 0 aliphatic carbocycles. The predicted octanol–water partition coefficient (Wildman–Crippen LogP) is 3.27. The quantitative estimate of drug-likeness (QED) is 0.529. The van der Waals surface area contributed by atoms with Crippen LogP contribution in [-0.2, 0) is 14.8 Å². The van der Waals surface area contributed by atoms with Crippen LogP contribution in [0.25, 0.3) is 11.3 Å². The van der Waals surface area contributed by atoms with Gasteiger partial charge < -0.3 is 14.8 Å². The number of amides is 1. The lowest BCUT2D eigenvalue weighted by Crippen LogP contribution is -2.41. The van der Waals surface area contributed by atoms with Gasteiger partial charge in [-0.25, -0.2) is 17.8 Å². The van der Waals surface area contributed by atoms with Crippen LogP contribution in [0, 0.1) is 5.82 Å². The Bertz CT molecular complexity index is 1180. The first-order valence-electron chi connectivity index (χ1n) is 9.00. The molecule has 0 saturated heterocycles. The fraction of sp³-hybridized carbons (Fsp3) is 0.200. The average Bonchev–Trinajstić information content (AvgIpc) is 3.21. The maximum absolute atomic E-state index is 13.9. The summed E-state index contributed by atoms with van der Waals surface area (Å²) in [5.41, 5.74) is 0.983. The number of anilines is 1. The first kappa shape index (κ1) is 22.7. The molecule has 2 aromatic carbocycles. The number of nitrogens with one attached hydrogen (secondary N) is 2. The Hall–Kier alpha value is -3.02. The Morgan fingerprint density at radius 1 is 1.13 bits per heavy atom. The molecule has 0 unspecified atom stereocenters. The maximum Gasteiger partial charge on any atom is 0.244 e. The Morgan fingerprint density at radius 2 is 1.84 bits per heavy atom. The number of carbonyl (C=O) groups excluding carboxylic acids is 1. The number of methoxy groups -OCH3 is 2. The predicted molar refractivity (Wildman–Crippen MR) is 115 cm³/mol. The Morgan fingerprint density at radius 3 is 2.45 bits per heavy atom. The third-order valence-corrected chi connectivity index (χ3v) is 6.59. The van der Waals surface area contributed by atoms with Crippen LogP contribution in [0.15, 0.2) is 52.7 Å². The summed E-state index contributed by atoms with van der Waals surface area (Å²) in [5.74, 6) is -0.481. The van der Waals surface area contributed by atoms with Crippen LogP contribution in [0.3, 0.4) is 0 Å². The molecule has 1 aromatic heterocycles. The first-order valence-corrected chi connectivity index (χ1v) is 11.4. The molecule has 1 atom stereocenters. The van der Waals surface area contributed by atoms with Gasteiger partial charge in [0, 0.05) is 10.9 Å². The van der Waals surface area contributed by atoms with E-state index in [1.54, 1.807) is 11.4 Å². The molecule has 11 heteroatoms. The molecule has 0 fully saturated rings. The minimum Gasteiger partial charge on any atom is -0.497 e. The molecule has 3 aromatic rings. The molecule has 164 valence electrons. The van der Waals surface area contributed by atoms with Crippen LogP contribution in [0.4, 0.5) is 9.52 Å². The van der Waals surface area contributed by atoms with Crippen molar-refractivity contribution in [3.05, 3.63) is 53.7 Å². The van der Waals surface area contributed by atoms with Crippen molar-refractivity contribution in [2.75, 3.05) is 19.5 Å². The highest BCUT2D eigenvalue weighted by atomic mass is 32.2. The van der Waals surface area contributed by atoms with Crippen molar-refractivity contribution >= 4 is 32.4 Å². The zero-order valence-electron chi connectivity index (χ0n) is 16.9. The highest BCUT2D eigenvalue weighted by molar-refractivity contribution is 7.89. The van der Waals surface area contributed by atoms with Gasteiger partial charge in [0.1, 0.15) is 5.75 Å². The van der Waals surface area contributed by atoms with Crippen LogP contribution in [0.2, 0.25) is 0 Å². The maximum atomic E-state index is 13.9. The van der Waals surface area contributed by atoms with Crippen LogP contribution in [0.1, 0.15) is 6.92 Å². The third-order valence-electron chi connectivity index (χ3n) is 4.28. The summed E-state index contributed by atoms with van der Waals surface area (Å²) in [5, 5.41) is 4.48. The van der Waals surface area contributed by atoms with E-state index in [0.717, 1.165) is 11.3 Å². The van der Waals surface area contributed by atoms with Crippen molar-refractivity contribution in [2.45, 2.75) is 17.9 Å². The largest absolute Gasteiger partial charge is 0.497 e. The van der Waals surface area contributed by atoms with E-state index in [-0.39, 0.29) is 15.8 Å². The van der Waals surface area contributed by atoms with E-state index in [0.29, 0.717) is 17.0 Å². The minimum atomic E-state index is -3.91. The van der Waals surface area contributed by atoms with Crippen molar-refractivity contribution in [3.8, 4) is 22.8 Å². The van der Waals surface area contributed by atoms with Crippen molar-refractivity contribution in [2.24, 2.45) is 0 Å². The lowest BCUT2D eigenvalue weighted by Gasteiger charge is -2.13. The number of hydrogen-bond acceptors (Lipinski definition) is 7. The number of carbonyl (C=O) groups is 1. The van der Waals surface area contributed by atoms with Gasteiger partial charge in [-0.2, -0.15) is 4.72 Å². The number of benzene rings is 2. The van der Waals surface area contributed by atoms with Gasteiger partial charge in [-0.15, -0.1) is 11.3 Å². The van der Waals surface area contributed by atoms with E-state index in [1.807, 2.05) is 0 Å². The average molecular weight is 466 g/mol. The second-order valence-electron chi connectivity index (χ2n) is 6.39. The zero-order valence-corrected chi connectivity index (χ0v) is 18.5. The Labute approximate surface area is 183 Å². The number of rotatable bonds is 8. The lowest BCUT2D eigenvalue weighted by atomic mass is 10.1. The summed E-state index contributed by atoms with van der Waals surface area (Å²) in [6, 6.07) is 9.14. The van der Waals surface area contributed by atoms with Gasteiger partial charge >= 0.3 is 0 Å². The number of aromatic nitrogens is 1. The molecule has 3 rings (SSSR count). The zero-order chi connectivity index (χ0) is 22.6. The molecule has 0 bridgehead atoms. The van der Waals surface area contributed by atoms with Crippen molar-refractivity contribution in [1.29, 1.82) is 0 Å². The van der Waals surface area contributed by atoms with E-state index in [2.05, 4.69) is 15.0 Å². The van der Waals surface area contributed by atoms with Crippen LogP contribution in [0.5, 0.6) is 11.5 Å². The number of hydrogen-bond donors (Lipinski definition) is 2. The summed E-state index contributed by atoms with van der Waals surface area (Å²) in [7, 11) is -1.06. The molecule has 0 aliphatic rings. The van der Waals surface area contributed by atoms with Crippen molar-refractivity contribution in [3.63, 3.8) is 0 Å². The number of ether oxygens (including phenoxy) is 2. The molecule has 0 spiro atoms.